The molecule has 8 heteroatoms. The summed E-state index contributed by atoms with van der Waals surface area (Å²) in [6.07, 6.45) is 0.948. The maximum Gasteiger partial charge on any atom is 0.162 e. The zero-order valence-corrected chi connectivity index (χ0v) is 17.7. The van der Waals surface area contributed by atoms with E-state index in [0.29, 0.717) is 34.2 Å². The van der Waals surface area contributed by atoms with Gasteiger partial charge in [0.05, 0.1) is 24.8 Å². The lowest BCUT2D eigenvalue weighted by Crippen LogP contribution is -2.17. The Labute approximate surface area is 174 Å². The van der Waals surface area contributed by atoms with Crippen LogP contribution in [-0.4, -0.2) is 56.3 Å². The molecule has 3 rings (SSSR count). The van der Waals surface area contributed by atoms with E-state index in [1.165, 1.54) is 12.1 Å². The van der Waals surface area contributed by atoms with Gasteiger partial charge in [-0.15, -0.1) is 0 Å². The van der Waals surface area contributed by atoms with Crippen molar-refractivity contribution < 1.29 is 13.9 Å². The van der Waals surface area contributed by atoms with Crippen LogP contribution in [0.2, 0.25) is 5.02 Å². The van der Waals surface area contributed by atoms with Gasteiger partial charge < -0.3 is 19.7 Å². The number of anilines is 1. The summed E-state index contributed by atoms with van der Waals surface area (Å²) in [5, 5.41) is 4.22. The molecular weight excluding hydrogens is 395 g/mol. The molecule has 0 spiro atoms. The standard InChI is InChI=1S/C21H24ClFN4O2/c1-27(2)9-5-8-24-21-14-11-18(28-3)19(29-4)12-17(14)25-20(26-21)13-6-7-16(23)15(22)10-13/h6-7,10-12H,5,8-9H2,1-4H3,(H,24,25,26). The minimum Gasteiger partial charge on any atom is -0.493 e. The molecule has 154 valence electrons. The zero-order valence-electron chi connectivity index (χ0n) is 16.9. The summed E-state index contributed by atoms with van der Waals surface area (Å²) in [4.78, 5) is 11.4. The van der Waals surface area contributed by atoms with Crippen LogP contribution < -0.4 is 14.8 Å². The number of hydrogen-bond acceptors (Lipinski definition) is 6. The van der Waals surface area contributed by atoms with Crippen LogP contribution in [-0.2, 0) is 0 Å². The van der Waals surface area contributed by atoms with Crippen LogP contribution in [0.4, 0.5) is 10.2 Å². The normalized spacial score (nSPS) is 11.1. The molecule has 0 saturated heterocycles. The van der Waals surface area contributed by atoms with Gasteiger partial charge in [-0.2, -0.15) is 0 Å². The van der Waals surface area contributed by atoms with Crippen molar-refractivity contribution in [3.05, 3.63) is 41.2 Å². The third kappa shape index (κ3) is 4.86. The fraction of sp³-hybridized carbons (Fsp3) is 0.333. The Morgan fingerprint density at radius 1 is 1.07 bits per heavy atom. The Kier molecular flexibility index (Phi) is 6.71. The van der Waals surface area contributed by atoms with E-state index in [9.17, 15) is 4.39 Å². The third-order valence-corrected chi connectivity index (χ3v) is 4.74. The summed E-state index contributed by atoms with van der Waals surface area (Å²) >= 11 is 5.95. The van der Waals surface area contributed by atoms with Crippen LogP contribution in [0.15, 0.2) is 30.3 Å². The second-order valence-corrected chi connectivity index (χ2v) is 7.24. The monoisotopic (exact) mass is 418 g/mol. The minimum absolute atomic E-state index is 0.0269. The number of nitrogens with zero attached hydrogens (tertiary/aromatic N) is 3. The van der Waals surface area contributed by atoms with Crippen LogP contribution in [0.25, 0.3) is 22.3 Å². The van der Waals surface area contributed by atoms with Crippen molar-refractivity contribution in [2.24, 2.45) is 0 Å². The van der Waals surface area contributed by atoms with Gasteiger partial charge in [0.15, 0.2) is 17.3 Å². The number of nitrogens with one attached hydrogen (secondary N) is 1. The van der Waals surface area contributed by atoms with Crippen molar-refractivity contribution in [2.75, 3.05) is 46.7 Å². The van der Waals surface area contributed by atoms with Gasteiger partial charge in [-0.1, -0.05) is 11.6 Å². The largest absolute Gasteiger partial charge is 0.493 e. The first-order valence-electron chi connectivity index (χ1n) is 9.20. The Morgan fingerprint density at radius 2 is 1.79 bits per heavy atom. The van der Waals surface area contributed by atoms with Gasteiger partial charge in [-0.3, -0.25) is 0 Å². The van der Waals surface area contributed by atoms with Crippen molar-refractivity contribution in [3.8, 4) is 22.9 Å². The maximum atomic E-state index is 13.6. The molecule has 3 aromatic rings. The first-order valence-corrected chi connectivity index (χ1v) is 9.58. The minimum atomic E-state index is -0.482. The summed E-state index contributed by atoms with van der Waals surface area (Å²) in [5.74, 6) is 1.80. The molecular formula is C21H24ClFN4O2. The maximum absolute atomic E-state index is 13.6. The molecule has 1 N–H and O–H groups in total. The van der Waals surface area contributed by atoms with E-state index in [1.807, 2.05) is 20.2 Å². The topological polar surface area (TPSA) is 59.5 Å². The number of methoxy groups -OCH3 is 2. The second-order valence-electron chi connectivity index (χ2n) is 6.83. The van der Waals surface area contributed by atoms with E-state index in [0.717, 1.165) is 24.9 Å². The van der Waals surface area contributed by atoms with E-state index >= 15 is 0 Å². The van der Waals surface area contributed by atoms with E-state index in [-0.39, 0.29) is 5.02 Å². The number of halogens is 2. The summed E-state index contributed by atoms with van der Waals surface area (Å²) < 4.78 is 24.4. The molecule has 6 nitrogen and oxygen atoms in total. The molecule has 0 bridgehead atoms. The highest BCUT2D eigenvalue weighted by Crippen LogP contribution is 2.35. The fourth-order valence-electron chi connectivity index (χ4n) is 2.96. The van der Waals surface area contributed by atoms with Crippen molar-refractivity contribution in [2.45, 2.75) is 6.42 Å². The molecule has 29 heavy (non-hydrogen) atoms. The quantitative estimate of drug-likeness (QED) is 0.544. The number of rotatable bonds is 8. The number of benzene rings is 2. The van der Waals surface area contributed by atoms with Gasteiger partial charge in [-0.05, 0) is 51.3 Å². The van der Waals surface area contributed by atoms with Crippen LogP contribution >= 0.6 is 11.6 Å². The lowest BCUT2D eigenvalue weighted by molar-refractivity contribution is 0.356. The van der Waals surface area contributed by atoms with Crippen molar-refractivity contribution in [3.63, 3.8) is 0 Å². The van der Waals surface area contributed by atoms with Gasteiger partial charge in [0.25, 0.3) is 0 Å². The van der Waals surface area contributed by atoms with Gasteiger partial charge in [0.1, 0.15) is 11.6 Å². The van der Waals surface area contributed by atoms with Crippen LogP contribution in [0.1, 0.15) is 6.42 Å². The molecule has 0 unspecified atom stereocenters. The number of fused-ring (bicyclic) bond motifs is 1. The summed E-state index contributed by atoms with van der Waals surface area (Å²) in [6.45, 7) is 1.69. The highest BCUT2D eigenvalue weighted by molar-refractivity contribution is 6.31. The molecule has 2 aromatic carbocycles. The average molecular weight is 419 g/mol. The van der Waals surface area contributed by atoms with Gasteiger partial charge in [0, 0.05) is 23.6 Å². The van der Waals surface area contributed by atoms with E-state index in [1.54, 1.807) is 26.4 Å². The predicted molar refractivity (Wildman–Crippen MR) is 115 cm³/mol. The van der Waals surface area contributed by atoms with Gasteiger partial charge in [-0.25, -0.2) is 14.4 Å². The molecule has 0 saturated carbocycles. The highest BCUT2D eigenvalue weighted by atomic mass is 35.5. The van der Waals surface area contributed by atoms with Gasteiger partial charge >= 0.3 is 0 Å². The van der Waals surface area contributed by atoms with E-state index < -0.39 is 5.82 Å². The Balaban J connectivity index is 2.08. The molecule has 0 aliphatic carbocycles. The summed E-state index contributed by atoms with van der Waals surface area (Å²) in [6, 6.07) is 8.09. The number of hydrogen-bond donors (Lipinski definition) is 1. The van der Waals surface area contributed by atoms with Crippen molar-refractivity contribution in [1.82, 2.24) is 14.9 Å². The van der Waals surface area contributed by atoms with E-state index in [2.05, 4.69) is 20.2 Å². The Bertz CT molecular complexity index is 1010. The highest BCUT2D eigenvalue weighted by Gasteiger charge is 2.15. The lowest BCUT2D eigenvalue weighted by Gasteiger charge is -2.15. The fourth-order valence-corrected chi connectivity index (χ4v) is 3.14. The molecule has 0 amide bonds. The SMILES string of the molecule is COc1cc2nc(-c3ccc(F)c(Cl)c3)nc(NCCCN(C)C)c2cc1OC. The Hall–Kier alpha value is -2.64. The molecule has 1 heterocycles. The second kappa shape index (κ2) is 9.24. The van der Waals surface area contributed by atoms with Crippen LogP contribution in [0.3, 0.4) is 0 Å². The average Bonchev–Trinajstić information content (AvgIpc) is 2.71. The molecule has 1 aromatic heterocycles. The van der Waals surface area contributed by atoms with Crippen molar-refractivity contribution in [1.29, 1.82) is 0 Å². The lowest BCUT2D eigenvalue weighted by atomic mass is 10.1. The molecule has 0 radical (unpaired) electrons. The smallest absolute Gasteiger partial charge is 0.162 e. The zero-order chi connectivity index (χ0) is 21.0. The van der Waals surface area contributed by atoms with Gasteiger partial charge in [0.2, 0.25) is 0 Å². The number of ether oxygens (including phenoxy) is 2. The first kappa shape index (κ1) is 21.1. The third-order valence-electron chi connectivity index (χ3n) is 4.45. The Morgan fingerprint density at radius 3 is 2.45 bits per heavy atom. The predicted octanol–water partition coefficient (Wildman–Crippen LogP) is 4.47. The molecule has 0 fully saturated rings. The van der Waals surface area contributed by atoms with Crippen molar-refractivity contribution >= 4 is 28.3 Å². The molecule has 0 atom stereocenters. The summed E-state index contributed by atoms with van der Waals surface area (Å²) in [7, 11) is 7.23. The molecule has 0 aliphatic rings. The molecule has 0 aliphatic heterocycles. The first-order chi connectivity index (χ1) is 13.9. The van der Waals surface area contributed by atoms with Crippen LogP contribution in [0, 0.1) is 5.82 Å². The van der Waals surface area contributed by atoms with Crippen LogP contribution in [0.5, 0.6) is 11.5 Å². The van der Waals surface area contributed by atoms with E-state index in [4.69, 9.17) is 21.1 Å². The summed E-state index contributed by atoms with van der Waals surface area (Å²) in [5.41, 5.74) is 1.31. The number of aromatic nitrogens is 2.